The molecule has 0 aliphatic heterocycles. The molecule has 2 rings (SSSR count). The van der Waals surface area contributed by atoms with Crippen LogP contribution in [0.2, 0.25) is 0 Å². The Balaban J connectivity index is 1.51. The molecule has 0 heterocycles. The first-order valence-corrected chi connectivity index (χ1v) is 9.74. The number of amides is 2. The number of carbonyl (C=O) groups is 2. The number of rotatable bonds is 10. The Kier molecular flexibility index (Phi) is 8.90. The Morgan fingerprint density at radius 3 is 2.19 bits per heavy atom. The minimum absolute atomic E-state index is 0.0420. The number of carbonyl (C=O) groups excluding carboxylic acids is 2. The van der Waals surface area contributed by atoms with Gasteiger partial charge in [0.25, 0.3) is 0 Å². The van der Waals surface area contributed by atoms with Gasteiger partial charge in [-0.3, -0.25) is 9.59 Å². The zero-order valence-electron chi connectivity index (χ0n) is 14.8. The molecule has 5 heteroatoms. The van der Waals surface area contributed by atoms with Gasteiger partial charge in [0.05, 0.1) is 6.54 Å². The van der Waals surface area contributed by atoms with Crippen LogP contribution in [0.1, 0.15) is 30.4 Å². The van der Waals surface area contributed by atoms with Crippen LogP contribution >= 0.6 is 15.9 Å². The largest absolute Gasteiger partial charge is 0.354 e. The van der Waals surface area contributed by atoms with Crippen molar-refractivity contribution in [1.29, 1.82) is 0 Å². The third-order valence-electron chi connectivity index (χ3n) is 4.06. The van der Waals surface area contributed by atoms with Crippen LogP contribution in [0.4, 0.5) is 0 Å². The quantitative estimate of drug-likeness (QED) is 0.580. The highest BCUT2D eigenvalue weighted by Gasteiger charge is 2.05. The number of unbranched alkanes of at least 4 members (excludes halogenated alkanes) is 1. The van der Waals surface area contributed by atoms with Crippen LogP contribution in [0.15, 0.2) is 59.1 Å². The molecule has 2 aromatic carbocycles. The van der Waals surface area contributed by atoms with E-state index in [2.05, 4.69) is 38.7 Å². The van der Waals surface area contributed by atoms with Crippen molar-refractivity contribution in [1.82, 2.24) is 10.6 Å². The molecule has 0 fully saturated rings. The Labute approximate surface area is 163 Å². The molecule has 26 heavy (non-hydrogen) atoms. The Bertz CT molecular complexity index is 687. The van der Waals surface area contributed by atoms with Crippen LogP contribution in [0.25, 0.3) is 0 Å². The molecule has 0 aromatic heterocycles. The van der Waals surface area contributed by atoms with Crippen LogP contribution in [-0.2, 0) is 22.4 Å². The Morgan fingerprint density at radius 2 is 1.46 bits per heavy atom. The molecule has 0 radical (unpaired) electrons. The highest BCUT2D eigenvalue weighted by molar-refractivity contribution is 9.10. The van der Waals surface area contributed by atoms with Crippen molar-refractivity contribution in [2.75, 3.05) is 13.1 Å². The molecule has 2 aromatic rings. The zero-order chi connectivity index (χ0) is 18.6. The van der Waals surface area contributed by atoms with E-state index in [1.165, 1.54) is 11.1 Å². The van der Waals surface area contributed by atoms with Crippen molar-refractivity contribution in [2.45, 2.75) is 32.1 Å². The fraction of sp³-hybridized carbons (Fsp3) is 0.333. The molecule has 0 spiro atoms. The second-order valence-electron chi connectivity index (χ2n) is 6.20. The number of benzene rings is 2. The molecule has 0 saturated heterocycles. The maximum Gasteiger partial charge on any atom is 0.239 e. The van der Waals surface area contributed by atoms with Crippen LogP contribution < -0.4 is 10.6 Å². The van der Waals surface area contributed by atoms with Crippen LogP contribution in [0.3, 0.4) is 0 Å². The first-order chi connectivity index (χ1) is 12.6. The molecule has 0 bridgehead atoms. The molecule has 2 N–H and O–H groups in total. The topological polar surface area (TPSA) is 58.2 Å². The standard InChI is InChI=1S/C21H25BrN2O2/c22-19-12-10-18(11-13-19)8-4-5-9-20(25)24-16-21(26)23-15-14-17-6-2-1-3-7-17/h1-3,6-7,10-13H,4-5,8-9,14-16H2,(H,23,26)(H,24,25). The number of halogens is 1. The maximum absolute atomic E-state index is 11.8. The Morgan fingerprint density at radius 1 is 0.769 bits per heavy atom. The fourth-order valence-electron chi connectivity index (χ4n) is 2.59. The van der Waals surface area contributed by atoms with Gasteiger partial charge in [0.2, 0.25) is 11.8 Å². The van der Waals surface area contributed by atoms with E-state index in [0.717, 1.165) is 30.2 Å². The van der Waals surface area contributed by atoms with E-state index in [4.69, 9.17) is 0 Å². The van der Waals surface area contributed by atoms with Crippen molar-refractivity contribution in [3.63, 3.8) is 0 Å². The Hall–Kier alpha value is -2.14. The number of aryl methyl sites for hydroxylation is 1. The smallest absolute Gasteiger partial charge is 0.239 e. The lowest BCUT2D eigenvalue weighted by molar-refractivity contribution is -0.126. The average Bonchev–Trinajstić information content (AvgIpc) is 2.66. The summed E-state index contributed by atoms with van der Waals surface area (Å²) in [6.07, 6.45) is 3.97. The highest BCUT2D eigenvalue weighted by Crippen LogP contribution is 2.12. The number of hydrogen-bond donors (Lipinski definition) is 2. The van der Waals surface area contributed by atoms with Gasteiger partial charge in [0, 0.05) is 17.4 Å². The van der Waals surface area contributed by atoms with E-state index >= 15 is 0 Å². The summed E-state index contributed by atoms with van der Waals surface area (Å²) >= 11 is 3.42. The van der Waals surface area contributed by atoms with Crippen molar-refractivity contribution in [3.8, 4) is 0 Å². The summed E-state index contributed by atoms with van der Waals surface area (Å²) in [5, 5.41) is 5.50. The molecular weight excluding hydrogens is 392 g/mol. The van der Waals surface area contributed by atoms with E-state index in [9.17, 15) is 9.59 Å². The molecule has 138 valence electrons. The van der Waals surface area contributed by atoms with E-state index < -0.39 is 0 Å². The predicted octanol–water partition coefficient (Wildman–Crippen LogP) is 3.64. The van der Waals surface area contributed by atoms with Gasteiger partial charge in [0.15, 0.2) is 0 Å². The summed E-state index contributed by atoms with van der Waals surface area (Å²) < 4.78 is 1.07. The normalized spacial score (nSPS) is 10.3. The van der Waals surface area contributed by atoms with E-state index in [-0.39, 0.29) is 18.4 Å². The summed E-state index contributed by atoms with van der Waals surface area (Å²) in [4.78, 5) is 23.6. The van der Waals surface area contributed by atoms with Crippen LogP contribution in [0.5, 0.6) is 0 Å². The molecule has 0 atom stereocenters. The summed E-state index contributed by atoms with van der Waals surface area (Å²) in [6, 6.07) is 18.2. The molecule has 2 amide bonds. The van der Waals surface area contributed by atoms with E-state index in [0.29, 0.717) is 13.0 Å². The van der Waals surface area contributed by atoms with Crippen molar-refractivity contribution in [3.05, 3.63) is 70.2 Å². The zero-order valence-corrected chi connectivity index (χ0v) is 16.4. The first-order valence-electron chi connectivity index (χ1n) is 8.95. The van der Waals surface area contributed by atoms with Gasteiger partial charge in [-0.25, -0.2) is 0 Å². The lowest BCUT2D eigenvalue weighted by Crippen LogP contribution is -2.37. The van der Waals surface area contributed by atoms with E-state index in [1.807, 2.05) is 42.5 Å². The first kappa shape index (κ1) is 20.2. The summed E-state index contributed by atoms with van der Waals surface area (Å²) in [5.41, 5.74) is 2.45. The van der Waals surface area contributed by atoms with Gasteiger partial charge < -0.3 is 10.6 Å². The molecule has 0 saturated carbocycles. The second-order valence-corrected chi connectivity index (χ2v) is 7.11. The van der Waals surface area contributed by atoms with Crippen LogP contribution in [-0.4, -0.2) is 24.9 Å². The second kappa shape index (κ2) is 11.5. The van der Waals surface area contributed by atoms with Gasteiger partial charge in [-0.15, -0.1) is 0 Å². The van der Waals surface area contributed by atoms with Gasteiger partial charge in [-0.2, -0.15) is 0 Å². The fourth-order valence-corrected chi connectivity index (χ4v) is 2.85. The van der Waals surface area contributed by atoms with Gasteiger partial charge in [0.1, 0.15) is 0 Å². The molecule has 4 nitrogen and oxygen atoms in total. The number of nitrogens with one attached hydrogen (secondary N) is 2. The molecule has 0 aliphatic carbocycles. The third kappa shape index (κ3) is 8.30. The monoisotopic (exact) mass is 416 g/mol. The summed E-state index contributed by atoms with van der Waals surface area (Å²) in [7, 11) is 0. The van der Waals surface area contributed by atoms with Gasteiger partial charge in [-0.1, -0.05) is 58.4 Å². The minimum atomic E-state index is -0.149. The van der Waals surface area contributed by atoms with Crippen molar-refractivity contribution < 1.29 is 9.59 Å². The van der Waals surface area contributed by atoms with Crippen LogP contribution in [0, 0.1) is 0 Å². The molecule has 0 unspecified atom stereocenters. The van der Waals surface area contributed by atoms with Crippen molar-refractivity contribution in [2.24, 2.45) is 0 Å². The third-order valence-corrected chi connectivity index (χ3v) is 4.59. The molecule has 0 aliphatic rings. The molecular formula is C21H25BrN2O2. The number of hydrogen-bond acceptors (Lipinski definition) is 2. The highest BCUT2D eigenvalue weighted by atomic mass is 79.9. The lowest BCUT2D eigenvalue weighted by atomic mass is 10.1. The average molecular weight is 417 g/mol. The van der Waals surface area contributed by atoms with Gasteiger partial charge in [-0.05, 0) is 48.9 Å². The summed E-state index contributed by atoms with van der Waals surface area (Å²) in [6.45, 7) is 0.617. The maximum atomic E-state index is 11.8. The van der Waals surface area contributed by atoms with Crippen molar-refractivity contribution >= 4 is 27.7 Å². The minimum Gasteiger partial charge on any atom is -0.354 e. The predicted molar refractivity (Wildman–Crippen MR) is 108 cm³/mol. The van der Waals surface area contributed by atoms with Gasteiger partial charge >= 0.3 is 0 Å². The SMILES string of the molecule is O=C(CCCCc1ccc(Br)cc1)NCC(=O)NCCc1ccccc1. The summed E-state index contributed by atoms with van der Waals surface area (Å²) in [5.74, 6) is -0.219. The lowest BCUT2D eigenvalue weighted by Gasteiger charge is -2.07. The van der Waals surface area contributed by atoms with E-state index in [1.54, 1.807) is 0 Å².